The van der Waals surface area contributed by atoms with Crippen molar-refractivity contribution >= 4 is 5.91 Å². The molecule has 6 heteroatoms. The Kier molecular flexibility index (Phi) is 6.20. The smallest absolute Gasteiger partial charge is 0.223 e. The maximum atomic E-state index is 12.0. The van der Waals surface area contributed by atoms with Gasteiger partial charge in [0.1, 0.15) is 18.4 Å². The van der Waals surface area contributed by atoms with Gasteiger partial charge >= 0.3 is 0 Å². The Morgan fingerprint density at radius 1 is 1.11 bits per heavy atom. The molecule has 27 heavy (non-hydrogen) atoms. The van der Waals surface area contributed by atoms with E-state index < -0.39 is 0 Å². The molecule has 0 spiro atoms. The van der Waals surface area contributed by atoms with Crippen molar-refractivity contribution in [2.75, 3.05) is 6.61 Å². The van der Waals surface area contributed by atoms with Gasteiger partial charge in [0.25, 0.3) is 0 Å². The summed E-state index contributed by atoms with van der Waals surface area (Å²) in [5, 5.41) is 7.02. The number of hydrogen-bond acceptors (Lipinski definition) is 4. The van der Waals surface area contributed by atoms with Crippen LogP contribution in [0.5, 0.6) is 5.75 Å². The van der Waals surface area contributed by atoms with E-state index in [1.807, 2.05) is 56.3 Å². The molecule has 0 atom stereocenters. The summed E-state index contributed by atoms with van der Waals surface area (Å²) in [7, 11) is 0. The summed E-state index contributed by atoms with van der Waals surface area (Å²) in [4.78, 5) is 16.0. The topological polar surface area (TPSA) is 69.0 Å². The number of amides is 1. The van der Waals surface area contributed by atoms with Crippen LogP contribution in [0, 0.1) is 13.8 Å². The third-order valence-corrected chi connectivity index (χ3v) is 4.25. The Balaban J connectivity index is 1.40. The first-order valence-electron chi connectivity index (χ1n) is 8.97. The molecule has 0 radical (unpaired) electrons. The normalized spacial score (nSPS) is 10.6. The van der Waals surface area contributed by atoms with Crippen LogP contribution < -0.4 is 10.1 Å². The zero-order valence-electron chi connectivity index (χ0n) is 15.7. The first-order valence-corrected chi connectivity index (χ1v) is 8.97. The Morgan fingerprint density at radius 3 is 2.63 bits per heavy atom. The van der Waals surface area contributed by atoms with Crippen molar-refractivity contribution in [3.63, 3.8) is 0 Å². The molecule has 3 aromatic rings. The molecule has 1 amide bonds. The van der Waals surface area contributed by atoms with Crippen LogP contribution in [0.3, 0.4) is 0 Å². The van der Waals surface area contributed by atoms with E-state index in [0.29, 0.717) is 26.1 Å². The predicted molar refractivity (Wildman–Crippen MR) is 103 cm³/mol. The van der Waals surface area contributed by atoms with Gasteiger partial charge in [-0.3, -0.25) is 4.79 Å². The zero-order chi connectivity index (χ0) is 19.1. The van der Waals surface area contributed by atoms with Crippen molar-refractivity contribution in [2.24, 2.45) is 0 Å². The highest BCUT2D eigenvalue weighted by Gasteiger charge is 2.05. The second-order valence-electron chi connectivity index (χ2n) is 6.55. The van der Waals surface area contributed by atoms with Crippen LogP contribution in [-0.4, -0.2) is 27.3 Å². The average molecular weight is 364 g/mol. The van der Waals surface area contributed by atoms with Crippen molar-refractivity contribution < 1.29 is 9.53 Å². The van der Waals surface area contributed by atoms with E-state index in [1.54, 1.807) is 11.0 Å². The Bertz CT molecular complexity index is 874. The predicted octanol–water partition coefficient (Wildman–Crippen LogP) is 3.03. The third-order valence-electron chi connectivity index (χ3n) is 4.25. The van der Waals surface area contributed by atoms with Crippen molar-refractivity contribution in [3.8, 4) is 5.75 Å². The first-order chi connectivity index (χ1) is 13.1. The maximum absolute atomic E-state index is 12.0. The number of aromatic nitrogens is 3. The van der Waals surface area contributed by atoms with Gasteiger partial charge in [0.2, 0.25) is 5.91 Å². The Hall–Kier alpha value is -3.15. The first kappa shape index (κ1) is 18.6. The summed E-state index contributed by atoms with van der Waals surface area (Å²) in [6.07, 6.45) is 3.54. The summed E-state index contributed by atoms with van der Waals surface area (Å²) in [5.41, 5.74) is 4.41. The zero-order valence-corrected chi connectivity index (χ0v) is 15.7. The molecular formula is C21H24N4O2. The van der Waals surface area contributed by atoms with E-state index in [-0.39, 0.29) is 5.91 Å². The maximum Gasteiger partial charge on any atom is 0.223 e. The number of aryl methyl sites for hydroxylation is 2. The van der Waals surface area contributed by atoms with Gasteiger partial charge in [-0.2, -0.15) is 5.10 Å². The molecule has 2 aromatic carbocycles. The molecule has 0 aliphatic carbocycles. The molecule has 0 saturated heterocycles. The van der Waals surface area contributed by atoms with Gasteiger partial charge in [-0.05, 0) is 42.2 Å². The lowest BCUT2D eigenvalue weighted by Crippen LogP contribution is -2.24. The SMILES string of the molecule is Cc1ccc(C)c(OCCC(=O)NCc2ccc(Cn3cncn3)cc2)c1. The van der Waals surface area contributed by atoms with Crippen LogP contribution in [0.4, 0.5) is 0 Å². The average Bonchev–Trinajstić information content (AvgIpc) is 3.17. The molecule has 1 aromatic heterocycles. The minimum atomic E-state index is -0.0213. The van der Waals surface area contributed by atoms with Crippen molar-refractivity contribution in [3.05, 3.63) is 77.4 Å². The van der Waals surface area contributed by atoms with Gasteiger partial charge < -0.3 is 10.1 Å². The molecule has 0 bridgehead atoms. The number of carbonyl (C=O) groups excluding carboxylic acids is 1. The molecule has 3 rings (SSSR count). The van der Waals surface area contributed by atoms with Gasteiger partial charge in [-0.15, -0.1) is 0 Å². The molecule has 0 fully saturated rings. The molecular weight excluding hydrogens is 340 g/mol. The largest absolute Gasteiger partial charge is 0.493 e. The number of carbonyl (C=O) groups is 1. The fraction of sp³-hybridized carbons (Fsp3) is 0.286. The lowest BCUT2D eigenvalue weighted by Gasteiger charge is -2.10. The molecule has 0 aliphatic rings. The monoisotopic (exact) mass is 364 g/mol. The minimum absolute atomic E-state index is 0.0213. The molecule has 6 nitrogen and oxygen atoms in total. The van der Waals surface area contributed by atoms with Crippen molar-refractivity contribution in [1.82, 2.24) is 20.1 Å². The van der Waals surface area contributed by atoms with Gasteiger partial charge in [0.05, 0.1) is 19.6 Å². The van der Waals surface area contributed by atoms with E-state index in [9.17, 15) is 4.79 Å². The van der Waals surface area contributed by atoms with Crippen LogP contribution in [0.1, 0.15) is 28.7 Å². The lowest BCUT2D eigenvalue weighted by atomic mass is 10.1. The van der Waals surface area contributed by atoms with E-state index >= 15 is 0 Å². The quantitative estimate of drug-likeness (QED) is 0.667. The standard InChI is InChI=1S/C21H24N4O2/c1-16-3-4-17(2)20(11-16)27-10-9-21(26)23-12-18-5-7-19(8-6-18)13-25-15-22-14-24-25/h3-8,11,14-15H,9-10,12-13H2,1-2H3,(H,23,26). The Morgan fingerprint density at radius 2 is 1.89 bits per heavy atom. The molecule has 0 unspecified atom stereocenters. The summed E-state index contributed by atoms with van der Waals surface area (Å²) in [6, 6.07) is 14.2. The number of benzene rings is 2. The molecule has 140 valence electrons. The third kappa shape index (κ3) is 5.67. The number of rotatable bonds is 8. The summed E-state index contributed by atoms with van der Waals surface area (Å²) in [5.74, 6) is 0.817. The highest BCUT2D eigenvalue weighted by Crippen LogP contribution is 2.19. The van der Waals surface area contributed by atoms with Crippen LogP contribution >= 0.6 is 0 Å². The van der Waals surface area contributed by atoms with Crippen LogP contribution in [0.25, 0.3) is 0 Å². The second kappa shape index (κ2) is 8.98. The molecule has 0 aliphatic heterocycles. The van der Waals surface area contributed by atoms with Crippen LogP contribution in [0.15, 0.2) is 55.1 Å². The van der Waals surface area contributed by atoms with E-state index in [1.165, 1.54) is 6.33 Å². The van der Waals surface area contributed by atoms with Crippen LogP contribution in [0.2, 0.25) is 0 Å². The molecule has 1 N–H and O–H groups in total. The lowest BCUT2D eigenvalue weighted by molar-refractivity contribution is -0.121. The van der Waals surface area contributed by atoms with E-state index in [2.05, 4.69) is 15.4 Å². The minimum Gasteiger partial charge on any atom is -0.493 e. The summed E-state index contributed by atoms with van der Waals surface area (Å²) >= 11 is 0. The second-order valence-corrected chi connectivity index (χ2v) is 6.55. The van der Waals surface area contributed by atoms with E-state index in [4.69, 9.17) is 4.74 Å². The summed E-state index contributed by atoms with van der Waals surface area (Å²) < 4.78 is 7.50. The van der Waals surface area contributed by atoms with E-state index in [0.717, 1.165) is 28.0 Å². The summed E-state index contributed by atoms with van der Waals surface area (Å²) in [6.45, 7) is 5.58. The van der Waals surface area contributed by atoms with Crippen molar-refractivity contribution in [1.29, 1.82) is 0 Å². The fourth-order valence-electron chi connectivity index (χ4n) is 2.67. The highest BCUT2D eigenvalue weighted by atomic mass is 16.5. The molecule has 1 heterocycles. The number of nitrogens with one attached hydrogen (secondary N) is 1. The van der Waals surface area contributed by atoms with Gasteiger partial charge in [-0.1, -0.05) is 36.4 Å². The van der Waals surface area contributed by atoms with Crippen LogP contribution in [-0.2, 0) is 17.9 Å². The van der Waals surface area contributed by atoms with Crippen molar-refractivity contribution in [2.45, 2.75) is 33.4 Å². The van der Waals surface area contributed by atoms with Gasteiger partial charge in [0, 0.05) is 6.54 Å². The Labute approximate surface area is 159 Å². The number of hydrogen-bond donors (Lipinski definition) is 1. The molecule has 0 saturated carbocycles. The highest BCUT2D eigenvalue weighted by molar-refractivity contribution is 5.76. The fourth-order valence-corrected chi connectivity index (χ4v) is 2.67. The number of nitrogens with zero attached hydrogens (tertiary/aromatic N) is 3. The van der Waals surface area contributed by atoms with Gasteiger partial charge in [-0.25, -0.2) is 9.67 Å². The van der Waals surface area contributed by atoms with Gasteiger partial charge in [0.15, 0.2) is 0 Å². The number of ether oxygens (including phenoxy) is 1.